The van der Waals surface area contributed by atoms with Crippen LogP contribution in [0.1, 0.15) is 57.7 Å². The predicted octanol–water partition coefficient (Wildman–Crippen LogP) is 5.68. The van der Waals surface area contributed by atoms with Gasteiger partial charge in [-0.2, -0.15) is 0 Å². The molecule has 1 aromatic carbocycles. The molecular formula is C25H40N2O4Si. The number of hydrogen-bond donors (Lipinski definition) is 2. The number of fused-ring (bicyclic) bond motifs is 1. The minimum atomic E-state index is -1.88. The topological polar surface area (TPSA) is 72.6 Å². The lowest BCUT2D eigenvalue weighted by molar-refractivity contribution is -0.145. The molecule has 0 spiro atoms. The zero-order chi connectivity index (χ0) is 24.1. The standard InChI is InChI=1S/C25H40N2O4Si/c1-10-14-26-22(24(28)30-11-2)19-15-27-23-20(29-7)13-12-18(21(19)23)17(3)16-31-32(8,9)25(4,5)6/h10,12-13,15,17,22,26-27H,1,11,14,16H2,2-9H3. The van der Waals surface area contributed by atoms with Gasteiger partial charge in [0.25, 0.3) is 0 Å². The van der Waals surface area contributed by atoms with Crippen molar-refractivity contribution < 1.29 is 18.7 Å². The number of H-pyrrole nitrogens is 1. The van der Waals surface area contributed by atoms with Gasteiger partial charge in [-0.05, 0) is 36.7 Å². The summed E-state index contributed by atoms with van der Waals surface area (Å²) in [5, 5.41) is 4.37. The van der Waals surface area contributed by atoms with E-state index in [4.69, 9.17) is 13.9 Å². The van der Waals surface area contributed by atoms with E-state index in [1.165, 1.54) is 0 Å². The molecule has 2 unspecified atom stereocenters. The van der Waals surface area contributed by atoms with Crippen molar-refractivity contribution in [3.63, 3.8) is 0 Å². The summed E-state index contributed by atoms with van der Waals surface area (Å²) >= 11 is 0. The molecular weight excluding hydrogens is 420 g/mol. The number of benzene rings is 1. The van der Waals surface area contributed by atoms with Gasteiger partial charge in [0.15, 0.2) is 8.32 Å². The summed E-state index contributed by atoms with van der Waals surface area (Å²) in [5.74, 6) is 0.558. The van der Waals surface area contributed by atoms with Crippen molar-refractivity contribution in [1.29, 1.82) is 0 Å². The second-order valence-electron chi connectivity index (χ2n) is 9.71. The zero-order valence-electron chi connectivity index (χ0n) is 20.9. The van der Waals surface area contributed by atoms with Crippen LogP contribution in [0.3, 0.4) is 0 Å². The lowest BCUT2D eigenvalue weighted by Crippen LogP contribution is -2.41. The number of carbonyl (C=O) groups is 1. The monoisotopic (exact) mass is 460 g/mol. The van der Waals surface area contributed by atoms with Gasteiger partial charge in [-0.25, -0.2) is 4.79 Å². The Bertz CT molecular complexity index is 930. The molecule has 0 radical (unpaired) electrons. The fourth-order valence-electron chi connectivity index (χ4n) is 3.47. The first-order valence-corrected chi connectivity index (χ1v) is 14.2. The molecule has 2 atom stereocenters. The van der Waals surface area contributed by atoms with Crippen molar-refractivity contribution in [2.45, 2.75) is 64.7 Å². The Morgan fingerprint density at radius 2 is 1.97 bits per heavy atom. The van der Waals surface area contributed by atoms with Crippen LogP contribution in [0.4, 0.5) is 0 Å². The van der Waals surface area contributed by atoms with Crippen LogP contribution >= 0.6 is 0 Å². The van der Waals surface area contributed by atoms with Gasteiger partial charge in [0.2, 0.25) is 0 Å². The quantitative estimate of drug-likeness (QED) is 0.256. The van der Waals surface area contributed by atoms with Gasteiger partial charge in [0, 0.05) is 36.2 Å². The highest BCUT2D eigenvalue weighted by molar-refractivity contribution is 6.74. The van der Waals surface area contributed by atoms with Crippen molar-refractivity contribution in [3.8, 4) is 5.75 Å². The molecule has 0 amide bonds. The highest BCUT2D eigenvalue weighted by Gasteiger charge is 2.37. The van der Waals surface area contributed by atoms with Gasteiger partial charge >= 0.3 is 5.97 Å². The number of hydrogen-bond acceptors (Lipinski definition) is 5. The summed E-state index contributed by atoms with van der Waals surface area (Å²) in [5.41, 5.74) is 2.83. The maximum absolute atomic E-state index is 12.8. The Morgan fingerprint density at radius 3 is 2.53 bits per heavy atom. The molecule has 7 heteroatoms. The van der Waals surface area contributed by atoms with Crippen molar-refractivity contribution in [1.82, 2.24) is 10.3 Å². The predicted molar refractivity (Wildman–Crippen MR) is 134 cm³/mol. The van der Waals surface area contributed by atoms with Gasteiger partial charge in [-0.1, -0.05) is 39.8 Å². The normalized spacial score (nSPS) is 14.2. The summed E-state index contributed by atoms with van der Waals surface area (Å²) in [6.45, 7) is 20.4. The van der Waals surface area contributed by atoms with Crippen LogP contribution in [0.15, 0.2) is 31.0 Å². The third-order valence-corrected chi connectivity index (χ3v) is 10.9. The smallest absolute Gasteiger partial charge is 0.327 e. The minimum Gasteiger partial charge on any atom is -0.495 e. The number of nitrogens with one attached hydrogen (secondary N) is 2. The van der Waals surface area contributed by atoms with E-state index >= 15 is 0 Å². The average molecular weight is 461 g/mol. The van der Waals surface area contributed by atoms with E-state index in [9.17, 15) is 4.79 Å². The van der Waals surface area contributed by atoms with Crippen LogP contribution in [0, 0.1) is 0 Å². The second kappa shape index (κ2) is 10.7. The highest BCUT2D eigenvalue weighted by Crippen LogP contribution is 2.40. The Balaban J connectivity index is 2.53. The molecule has 0 aliphatic heterocycles. The first-order chi connectivity index (χ1) is 15.0. The summed E-state index contributed by atoms with van der Waals surface area (Å²) in [6, 6.07) is 3.44. The van der Waals surface area contributed by atoms with Crippen LogP contribution in [0.2, 0.25) is 18.1 Å². The number of ether oxygens (including phenoxy) is 2. The van der Waals surface area contributed by atoms with Gasteiger partial charge in [-0.3, -0.25) is 5.32 Å². The SMILES string of the molecule is C=CCNC(C(=O)OCC)c1c[nH]c2c(OC)ccc(C(C)CO[Si](C)(C)C(C)(C)C)c12. The largest absolute Gasteiger partial charge is 0.495 e. The molecule has 6 nitrogen and oxygen atoms in total. The van der Waals surface area contributed by atoms with Crippen molar-refractivity contribution >= 4 is 25.2 Å². The average Bonchev–Trinajstić information content (AvgIpc) is 3.16. The first-order valence-electron chi connectivity index (χ1n) is 11.3. The molecule has 2 aromatic rings. The molecule has 1 heterocycles. The maximum atomic E-state index is 12.8. The Morgan fingerprint density at radius 1 is 1.28 bits per heavy atom. The zero-order valence-corrected chi connectivity index (χ0v) is 21.9. The van der Waals surface area contributed by atoms with Gasteiger partial charge in [-0.15, -0.1) is 6.58 Å². The van der Waals surface area contributed by atoms with Gasteiger partial charge in [0.05, 0.1) is 19.2 Å². The number of methoxy groups -OCH3 is 1. The molecule has 1 aromatic heterocycles. The summed E-state index contributed by atoms with van der Waals surface area (Å²) in [4.78, 5) is 16.1. The molecule has 0 saturated carbocycles. The Hall–Kier alpha value is -2.09. The van der Waals surface area contributed by atoms with E-state index in [2.05, 4.69) is 63.7 Å². The number of aromatic nitrogens is 1. The van der Waals surface area contributed by atoms with Crippen LogP contribution < -0.4 is 10.1 Å². The van der Waals surface area contributed by atoms with Crippen LogP contribution in [0.5, 0.6) is 5.75 Å². The van der Waals surface area contributed by atoms with Crippen molar-refractivity contribution in [2.24, 2.45) is 0 Å². The van der Waals surface area contributed by atoms with Gasteiger partial charge in [0.1, 0.15) is 11.8 Å². The number of rotatable bonds is 11. The van der Waals surface area contributed by atoms with Crippen LogP contribution in [-0.4, -0.2) is 46.1 Å². The lowest BCUT2D eigenvalue weighted by Gasteiger charge is -2.37. The summed E-state index contributed by atoms with van der Waals surface area (Å²) < 4.78 is 17.5. The fraction of sp³-hybridized carbons (Fsp3) is 0.560. The van der Waals surface area contributed by atoms with E-state index in [1.807, 2.05) is 19.2 Å². The number of carbonyl (C=O) groups excluding carboxylic acids is 1. The molecule has 0 bridgehead atoms. The van der Waals surface area contributed by atoms with E-state index in [-0.39, 0.29) is 16.9 Å². The number of esters is 1. The minimum absolute atomic E-state index is 0.134. The molecule has 2 N–H and O–H groups in total. The van der Waals surface area contributed by atoms with E-state index < -0.39 is 14.4 Å². The maximum Gasteiger partial charge on any atom is 0.327 e. The first kappa shape index (κ1) is 26.2. The Kier molecular flexibility index (Phi) is 8.73. The fourth-order valence-corrected chi connectivity index (χ4v) is 4.57. The molecule has 0 aliphatic rings. The van der Waals surface area contributed by atoms with Crippen LogP contribution in [-0.2, 0) is 14.0 Å². The summed E-state index contributed by atoms with van der Waals surface area (Å²) in [6.07, 6.45) is 3.61. The van der Waals surface area contributed by atoms with Crippen LogP contribution in [0.25, 0.3) is 10.9 Å². The third kappa shape index (κ3) is 5.63. The van der Waals surface area contributed by atoms with Crippen molar-refractivity contribution in [2.75, 3.05) is 26.9 Å². The molecule has 0 saturated heterocycles. The summed E-state index contributed by atoms with van der Waals surface area (Å²) in [7, 11) is -0.231. The molecule has 0 fully saturated rings. The van der Waals surface area contributed by atoms with E-state index in [0.29, 0.717) is 19.8 Å². The van der Waals surface area contributed by atoms with E-state index in [1.54, 1.807) is 13.2 Å². The molecule has 0 aliphatic carbocycles. The van der Waals surface area contributed by atoms with Crippen molar-refractivity contribution in [3.05, 3.63) is 42.1 Å². The molecule has 178 valence electrons. The van der Waals surface area contributed by atoms with Gasteiger partial charge < -0.3 is 18.9 Å². The lowest BCUT2D eigenvalue weighted by atomic mass is 9.93. The Labute approximate surface area is 193 Å². The highest BCUT2D eigenvalue weighted by atomic mass is 28.4. The third-order valence-electron chi connectivity index (χ3n) is 6.41. The second-order valence-corrected chi connectivity index (χ2v) is 14.5. The molecule has 2 rings (SSSR count). The number of aromatic amines is 1. The molecule has 32 heavy (non-hydrogen) atoms. The van der Waals surface area contributed by atoms with E-state index in [0.717, 1.165) is 27.8 Å².